The van der Waals surface area contributed by atoms with Gasteiger partial charge in [-0.3, -0.25) is 4.79 Å². The minimum Gasteiger partial charge on any atom is -0.301 e. The van der Waals surface area contributed by atoms with Crippen LogP contribution < -0.4 is 5.32 Å². The third-order valence-electron chi connectivity index (χ3n) is 3.93. The second kappa shape index (κ2) is 8.16. The van der Waals surface area contributed by atoms with Crippen LogP contribution in [-0.4, -0.2) is 26.1 Å². The zero-order chi connectivity index (χ0) is 18.6. The Kier molecular flexibility index (Phi) is 5.47. The van der Waals surface area contributed by atoms with Crippen molar-refractivity contribution < 1.29 is 4.79 Å². The van der Waals surface area contributed by atoms with Crippen molar-refractivity contribution in [3.8, 4) is 10.4 Å². The molecule has 0 saturated heterocycles. The average molecular weight is 413 g/mol. The highest BCUT2D eigenvalue weighted by molar-refractivity contribution is 8.00. The number of nitrogens with one attached hydrogen (secondary N) is 1. The number of nitrogens with zero attached hydrogens (tertiary/aromatic N) is 3. The van der Waals surface area contributed by atoms with Crippen LogP contribution in [0.15, 0.2) is 59.3 Å². The number of carbonyl (C=O) groups excluding carboxylic acids is 1. The molecule has 4 rings (SSSR count). The number of carbonyl (C=O) groups is 1. The van der Waals surface area contributed by atoms with Crippen molar-refractivity contribution >= 4 is 55.7 Å². The van der Waals surface area contributed by atoms with E-state index >= 15 is 0 Å². The summed E-state index contributed by atoms with van der Waals surface area (Å²) in [6.45, 7) is 2.00. The van der Waals surface area contributed by atoms with Gasteiger partial charge in [-0.25, -0.2) is 15.0 Å². The summed E-state index contributed by atoms with van der Waals surface area (Å²) in [5.74, 6) is -0.0530. The van der Waals surface area contributed by atoms with Crippen molar-refractivity contribution in [3.63, 3.8) is 0 Å². The van der Waals surface area contributed by atoms with Crippen LogP contribution >= 0.6 is 34.4 Å². The molecule has 1 amide bonds. The average Bonchev–Trinajstić information content (AvgIpc) is 3.36. The van der Waals surface area contributed by atoms with Gasteiger partial charge in [0, 0.05) is 21.8 Å². The van der Waals surface area contributed by atoms with Gasteiger partial charge in [-0.1, -0.05) is 49.0 Å². The van der Waals surface area contributed by atoms with E-state index in [0.717, 1.165) is 25.7 Å². The largest absolute Gasteiger partial charge is 0.301 e. The molecule has 27 heavy (non-hydrogen) atoms. The molecule has 4 aromatic rings. The van der Waals surface area contributed by atoms with Gasteiger partial charge in [-0.2, -0.15) is 0 Å². The van der Waals surface area contributed by atoms with E-state index in [0.29, 0.717) is 11.6 Å². The summed E-state index contributed by atoms with van der Waals surface area (Å²) in [4.78, 5) is 27.7. The first kappa shape index (κ1) is 18.1. The molecule has 0 aliphatic carbocycles. The van der Waals surface area contributed by atoms with Gasteiger partial charge in [0.25, 0.3) is 0 Å². The molecule has 8 heteroatoms. The number of anilines is 1. The normalized spacial score (nSPS) is 12.2. The number of amides is 1. The summed E-state index contributed by atoms with van der Waals surface area (Å²) < 4.78 is 0. The Morgan fingerprint density at radius 1 is 1.22 bits per heavy atom. The third-order valence-corrected chi connectivity index (χ3v) is 7.09. The van der Waals surface area contributed by atoms with Crippen LogP contribution in [0.1, 0.15) is 13.3 Å². The fraction of sp³-hybridized carbons (Fsp3) is 0.158. The smallest absolute Gasteiger partial charge is 0.239 e. The highest BCUT2D eigenvalue weighted by Crippen LogP contribution is 2.37. The van der Waals surface area contributed by atoms with Crippen molar-refractivity contribution in [1.29, 1.82) is 0 Å². The van der Waals surface area contributed by atoms with Gasteiger partial charge < -0.3 is 5.32 Å². The summed E-state index contributed by atoms with van der Waals surface area (Å²) in [6, 6.07) is 12.3. The molecule has 0 radical (unpaired) electrons. The Balaban J connectivity index is 1.60. The number of hydrogen-bond acceptors (Lipinski definition) is 7. The lowest BCUT2D eigenvalue weighted by Crippen LogP contribution is -2.24. The zero-order valence-electron chi connectivity index (χ0n) is 14.5. The van der Waals surface area contributed by atoms with Crippen LogP contribution in [0.2, 0.25) is 0 Å². The van der Waals surface area contributed by atoms with Gasteiger partial charge in [0.05, 0.1) is 5.25 Å². The maximum Gasteiger partial charge on any atom is 0.239 e. The summed E-state index contributed by atoms with van der Waals surface area (Å²) in [5.41, 5.74) is 1.16. The van der Waals surface area contributed by atoms with Crippen LogP contribution in [0.3, 0.4) is 0 Å². The van der Waals surface area contributed by atoms with Gasteiger partial charge in [0.2, 0.25) is 5.91 Å². The first-order valence-corrected chi connectivity index (χ1v) is 11.0. The SMILES string of the molecule is CCC(Sc1ncnc2sc(-c3ccccc3)cc12)C(=O)Nc1nccs1. The lowest BCUT2D eigenvalue weighted by molar-refractivity contribution is -0.115. The number of fused-ring (bicyclic) bond motifs is 1. The summed E-state index contributed by atoms with van der Waals surface area (Å²) in [7, 11) is 0. The standard InChI is InChI=1S/C19H16N4OS3/c1-2-14(16(24)23-19-20-8-9-25-19)26-17-13-10-15(12-6-4-3-5-7-12)27-18(13)22-11-21-17/h3-11,14H,2H2,1H3,(H,20,23,24). The van der Waals surface area contributed by atoms with E-state index in [1.165, 1.54) is 23.1 Å². The molecule has 3 aromatic heterocycles. The fourth-order valence-electron chi connectivity index (χ4n) is 2.60. The molecule has 5 nitrogen and oxygen atoms in total. The minimum absolute atomic E-state index is 0.0530. The van der Waals surface area contributed by atoms with Gasteiger partial charge in [0.1, 0.15) is 16.2 Å². The quantitative estimate of drug-likeness (QED) is 0.343. The van der Waals surface area contributed by atoms with E-state index < -0.39 is 0 Å². The second-order valence-corrected chi connectivity index (χ2v) is 8.83. The van der Waals surface area contributed by atoms with Gasteiger partial charge >= 0.3 is 0 Å². The van der Waals surface area contributed by atoms with Crippen molar-refractivity contribution in [1.82, 2.24) is 15.0 Å². The van der Waals surface area contributed by atoms with Crippen molar-refractivity contribution in [2.45, 2.75) is 23.6 Å². The van der Waals surface area contributed by atoms with Crippen LogP contribution in [0.4, 0.5) is 5.13 Å². The lowest BCUT2D eigenvalue weighted by atomic mass is 10.2. The molecule has 0 aliphatic heterocycles. The topological polar surface area (TPSA) is 67.8 Å². The predicted octanol–water partition coefficient (Wildman–Crippen LogP) is 5.32. The number of benzene rings is 1. The fourth-order valence-corrected chi connectivity index (χ4v) is 5.19. The second-order valence-electron chi connectivity index (χ2n) is 5.72. The predicted molar refractivity (Wildman–Crippen MR) is 114 cm³/mol. The van der Waals surface area contributed by atoms with Crippen molar-refractivity contribution in [2.24, 2.45) is 0 Å². The Morgan fingerprint density at radius 3 is 2.81 bits per heavy atom. The number of thiazole rings is 1. The molecule has 3 heterocycles. The first-order valence-electron chi connectivity index (χ1n) is 8.41. The number of thiophene rings is 1. The highest BCUT2D eigenvalue weighted by Gasteiger charge is 2.21. The van der Waals surface area contributed by atoms with Crippen molar-refractivity contribution in [2.75, 3.05) is 5.32 Å². The van der Waals surface area contributed by atoms with E-state index in [1.54, 1.807) is 23.9 Å². The molecular weight excluding hydrogens is 396 g/mol. The van der Waals surface area contributed by atoms with E-state index in [4.69, 9.17) is 0 Å². The molecule has 0 saturated carbocycles. The number of aromatic nitrogens is 3. The summed E-state index contributed by atoms with van der Waals surface area (Å²) in [6.07, 6.45) is 3.95. The number of thioether (sulfide) groups is 1. The molecule has 0 aliphatic rings. The molecule has 0 spiro atoms. The molecule has 136 valence electrons. The van der Waals surface area contributed by atoms with E-state index in [1.807, 2.05) is 30.5 Å². The molecule has 1 unspecified atom stereocenters. The van der Waals surface area contributed by atoms with Gasteiger partial charge in [-0.15, -0.1) is 22.7 Å². The van der Waals surface area contributed by atoms with Crippen LogP contribution in [-0.2, 0) is 4.79 Å². The molecule has 1 N–H and O–H groups in total. The molecule has 1 atom stereocenters. The van der Waals surface area contributed by atoms with E-state index in [-0.39, 0.29) is 11.2 Å². The monoisotopic (exact) mass is 412 g/mol. The zero-order valence-corrected chi connectivity index (χ0v) is 16.9. The highest BCUT2D eigenvalue weighted by atomic mass is 32.2. The van der Waals surface area contributed by atoms with Crippen LogP contribution in [0, 0.1) is 0 Å². The maximum atomic E-state index is 12.6. The van der Waals surface area contributed by atoms with E-state index in [2.05, 4.69) is 38.5 Å². The van der Waals surface area contributed by atoms with E-state index in [9.17, 15) is 4.79 Å². The summed E-state index contributed by atoms with van der Waals surface area (Å²) >= 11 is 4.53. The molecule has 0 bridgehead atoms. The van der Waals surface area contributed by atoms with Gasteiger partial charge in [-0.05, 0) is 18.1 Å². The lowest BCUT2D eigenvalue weighted by Gasteiger charge is -2.13. The molecule has 1 aromatic carbocycles. The Morgan fingerprint density at radius 2 is 2.07 bits per heavy atom. The number of rotatable bonds is 6. The Bertz CT molecular complexity index is 1050. The minimum atomic E-state index is -0.243. The van der Waals surface area contributed by atoms with Crippen LogP contribution in [0.5, 0.6) is 0 Å². The maximum absolute atomic E-state index is 12.6. The van der Waals surface area contributed by atoms with Gasteiger partial charge in [0.15, 0.2) is 5.13 Å². The Labute approximate surface area is 168 Å². The summed E-state index contributed by atoms with van der Waals surface area (Å²) in [5, 5.41) is 6.92. The molecular formula is C19H16N4OS3. The van der Waals surface area contributed by atoms with Crippen molar-refractivity contribution in [3.05, 3.63) is 54.3 Å². The first-order chi connectivity index (χ1) is 13.2. The Hall–Kier alpha value is -2.29. The van der Waals surface area contributed by atoms with Crippen LogP contribution in [0.25, 0.3) is 20.7 Å². The third kappa shape index (κ3) is 4.02. The number of hydrogen-bond donors (Lipinski definition) is 1. The molecule has 0 fully saturated rings.